The van der Waals surface area contributed by atoms with Crippen molar-refractivity contribution in [2.75, 3.05) is 25.5 Å². The first-order valence-electron chi connectivity index (χ1n) is 11.4. The van der Waals surface area contributed by atoms with Gasteiger partial charge in [0.25, 0.3) is 0 Å². The van der Waals surface area contributed by atoms with E-state index in [2.05, 4.69) is 20.2 Å². The highest BCUT2D eigenvalue weighted by Crippen LogP contribution is 2.36. The molecule has 3 heterocycles. The maximum Gasteiger partial charge on any atom is 0.225 e. The Bertz CT molecular complexity index is 1260. The largest absolute Gasteiger partial charge is 0.497 e. The van der Waals surface area contributed by atoms with Crippen LogP contribution in [0.15, 0.2) is 48.7 Å². The Morgan fingerprint density at radius 1 is 1.12 bits per heavy atom. The van der Waals surface area contributed by atoms with Crippen LogP contribution in [0.1, 0.15) is 18.4 Å². The van der Waals surface area contributed by atoms with Crippen molar-refractivity contribution in [1.29, 1.82) is 0 Å². The summed E-state index contributed by atoms with van der Waals surface area (Å²) >= 11 is 13.1. The highest BCUT2D eigenvalue weighted by molar-refractivity contribution is 6.39. The third-order valence-electron chi connectivity index (χ3n) is 6.12. The lowest BCUT2D eigenvalue weighted by Crippen LogP contribution is -2.32. The fourth-order valence-corrected chi connectivity index (χ4v) is 4.91. The summed E-state index contributed by atoms with van der Waals surface area (Å²) in [5, 5.41) is 7.95. The van der Waals surface area contributed by atoms with E-state index in [4.69, 9.17) is 37.9 Å². The number of rotatable bonds is 7. The summed E-state index contributed by atoms with van der Waals surface area (Å²) in [6, 6.07) is 13.4. The molecular weight excluding hydrogens is 471 g/mol. The monoisotopic (exact) mass is 496 g/mol. The maximum absolute atomic E-state index is 6.57. The molecule has 2 N–H and O–H groups in total. The van der Waals surface area contributed by atoms with Gasteiger partial charge in [-0.05, 0) is 61.7 Å². The highest BCUT2D eigenvalue weighted by atomic mass is 35.5. The van der Waals surface area contributed by atoms with Crippen LogP contribution in [-0.2, 0) is 13.1 Å². The van der Waals surface area contributed by atoms with E-state index in [0.717, 1.165) is 60.8 Å². The van der Waals surface area contributed by atoms with Crippen LogP contribution in [0.2, 0.25) is 10.0 Å². The second kappa shape index (κ2) is 10.2. The standard InChI is InChI=1S/C25H26Cl2N6O/c1-34-18-9-7-16(8-10-18)13-29-25-30-14-21-23(32-25)33(15-17-4-3-11-28-12-17)24(31-21)22-19(26)5-2-6-20(22)27/h2,5-10,14,17,28H,3-4,11-13,15H2,1H3,(H,29,30,32)/t17-/m1/s1. The summed E-state index contributed by atoms with van der Waals surface area (Å²) in [4.78, 5) is 14.2. The molecule has 1 saturated heterocycles. The van der Waals surface area contributed by atoms with E-state index < -0.39 is 0 Å². The molecule has 0 saturated carbocycles. The minimum Gasteiger partial charge on any atom is -0.497 e. The maximum atomic E-state index is 6.57. The predicted molar refractivity (Wildman–Crippen MR) is 137 cm³/mol. The van der Waals surface area contributed by atoms with Crippen molar-refractivity contribution < 1.29 is 4.74 Å². The summed E-state index contributed by atoms with van der Waals surface area (Å²) in [6.07, 6.45) is 4.06. The summed E-state index contributed by atoms with van der Waals surface area (Å²) in [6.45, 7) is 3.39. The molecule has 0 spiro atoms. The molecule has 5 rings (SSSR count). The lowest BCUT2D eigenvalue weighted by Gasteiger charge is -2.24. The van der Waals surface area contributed by atoms with Gasteiger partial charge in [-0.3, -0.25) is 0 Å². The zero-order valence-electron chi connectivity index (χ0n) is 18.9. The number of hydrogen-bond donors (Lipinski definition) is 2. The number of piperidine rings is 1. The molecule has 9 heteroatoms. The van der Waals surface area contributed by atoms with Crippen LogP contribution in [0.4, 0.5) is 5.95 Å². The van der Waals surface area contributed by atoms with Crippen LogP contribution in [0.25, 0.3) is 22.6 Å². The van der Waals surface area contributed by atoms with Crippen LogP contribution in [0.3, 0.4) is 0 Å². The zero-order chi connectivity index (χ0) is 23.5. The summed E-state index contributed by atoms with van der Waals surface area (Å²) in [5.74, 6) is 2.56. The van der Waals surface area contributed by atoms with E-state index in [-0.39, 0.29) is 0 Å². The SMILES string of the molecule is COc1ccc(CNc2ncc3nc(-c4c(Cl)cccc4Cl)n(C[C@@H]4CCCNC4)c3n2)cc1. The first-order chi connectivity index (χ1) is 16.6. The quantitative estimate of drug-likeness (QED) is 0.355. The van der Waals surface area contributed by atoms with Crippen molar-refractivity contribution >= 4 is 40.3 Å². The molecule has 0 amide bonds. The lowest BCUT2D eigenvalue weighted by atomic mass is 9.99. The molecule has 7 nitrogen and oxygen atoms in total. The number of anilines is 1. The van der Waals surface area contributed by atoms with Crippen molar-refractivity contribution in [3.05, 3.63) is 64.3 Å². The Labute approximate surface area is 208 Å². The average Bonchev–Trinajstić information content (AvgIpc) is 3.20. The van der Waals surface area contributed by atoms with Crippen LogP contribution in [0.5, 0.6) is 5.75 Å². The predicted octanol–water partition coefficient (Wildman–Crippen LogP) is 5.42. The topological polar surface area (TPSA) is 76.9 Å². The highest BCUT2D eigenvalue weighted by Gasteiger charge is 2.23. The fraction of sp³-hybridized carbons (Fsp3) is 0.320. The van der Waals surface area contributed by atoms with Gasteiger partial charge in [0.2, 0.25) is 5.95 Å². The minimum absolute atomic E-state index is 0.469. The second-order valence-electron chi connectivity index (χ2n) is 8.46. The van der Waals surface area contributed by atoms with E-state index in [1.165, 1.54) is 0 Å². The first-order valence-corrected chi connectivity index (χ1v) is 12.1. The third kappa shape index (κ3) is 4.82. The van der Waals surface area contributed by atoms with Crippen molar-refractivity contribution in [2.24, 2.45) is 5.92 Å². The lowest BCUT2D eigenvalue weighted by molar-refractivity contribution is 0.341. The number of aromatic nitrogens is 4. The number of ether oxygens (including phenoxy) is 1. The van der Waals surface area contributed by atoms with Crippen LogP contribution >= 0.6 is 23.2 Å². The molecule has 2 aromatic heterocycles. The third-order valence-corrected chi connectivity index (χ3v) is 6.75. The number of fused-ring (bicyclic) bond motifs is 1. The molecule has 0 radical (unpaired) electrons. The van der Waals surface area contributed by atoms with Crippen LogP contribution < -0.4 is 15.4 Å². The van der Waals surface area contributed by atoms with Crippen molar-refractivity contribution in [2.45, 2.75) is 25.9 Å². The molecule has 34 heavy (non-hydrogen) atoms. The Balaban J connectivity index is 1.50. The van der Waals surface area contributed by atoms with E-state index in [9.17, 15) is 0 Å². The Morgan fingerprint density at radius 2 is 1.91 bits per heavy atom. The van der Waals surface area contributed by atoms with Gasteiger partial charge < -0.3 is 19.9 Å². The van der Waals surface area contributed by atoms with Gasteiger partial charge in [-0.25, -0.2) is 9.97 Å². The molecule has 4 aromatic rings. The molecule has 0 unspecified atom stereocenters. The van der Waals surface area contributed by atoms with Gasteiger partial charge in [0.1, 0.15) is 17.1 Å². The molecule has 0 aliphatic carbocycles. The molecule has 1 fully saturated rings. The Hall–Kier alpha value is -2.87. The van der Waals surface area contributed by atoms with Gasteiger partial charge in [-0.1, -0.05) is 41.4 Å². The van der Waals surface area contributed by atoms with E-state index in [1.54, 1.807) is 13.3 Å². The van der Waals surface area contributed by atoms with E-state index in [1.807, 2.05) is 42.5 Å². The number of benzene rings is 2. The Morgan fingerprint density at radius 3 is 2.62 bits per heavy atom. The normalized spacial score (nSPS) is 16.0. The smallest absolute Gasteiger partial charge is 0.225 e. The number of halogens is 2. The number of nitrogens with zero attached hydrogens (tertiary/aromatic N) is 4. The molecule has 1 aliphatic heterocycles. The number of imidazole rings is 1. The van der Waals surface area contributed by atoms with Gasteiger partial charge in [0, 0.05) is 13.1 Å². The second-order valence-corrected chi connectivity index (χ2v) is 9.27. The molecule has 176 valence electrons. The van der Waals surface area contributed by atoms with Gasteiger partial charge in [0.05, 0.1) is 28.9 Å². The fourth-order valence-electron chi connectivity index (χ4n) is 4.34. The van der Waals surface area contributed by atoms with Crippen molar-refractivity contribution in [3.63, 3.8) is 0 Å². The number of methoxy groups -OCH3 is 1. The van der Waals surface area contributed by atoms with Gasteiger partial charge in [-0.15, -0.1) is 0 Å². The van der Waals surface area contributed by atoms with E-state index in [0.29, 0.717) is 34.0 Å². The van der Waals surface area contributed by atoms with Crippen LogP contribution in [-0.4, -0.2) is 39.7 Å². The molecular formula is C25H26Cl2N6O. The van der Waals surface area contributed by atoms with Gasteiger partial charge in [-0.2, -0.15) is 4.98 Å². The van der Waals surface area contributed by atoms with Gasteiger partial charge >= 0.3 is 0 Å². The molecule has 0 bridgehead atoms. The average molecular weight is 497 g/mol. The summed E-state index contributed by atoms with van der Waals surface area (Å²) in [5.41, 5.74) is 3.31. The number of hydrogen-bond acceptors (Lipinski definition) is 6. The molecule has 1 atom stereocenters. The van der Waals surface area contributed by atoms with Gasteiger partial charge in [0.15, 0.2) is 5.65 Å². The van der Waals surface area contributed by atoms with E-state index >= 15 is 0 Å². The van der Waals surface area contributed by atoms with Crippen molar-refractivity contribution in [1.82, 2.24) is 24.8 Å². The molecule has 2 aromatic carbocycles. The minimum atomic E-state index is 0.469. The van der Waals surface area contributed by atoms with Crippen LogP contribution in [0, 0.1) is 5.92 Å². The van der Waals surface area contributed by atoms with Crippen molar-refractivity contribution in [3.8, 4) is 17.1 Å². The molecule has 1 aliphatic rings. The first kappa shape index (κ1) is 22.9. The number of nitrogens with one attached hydrogen (secondary N) is 2. The summed E-state index contributed by atoms with van der Waals surface area (Å²) < 4.78 is 7.37. The zero-order valence-corrected chi connectivity index (χ0v) is 20.4. The Kier molecular flexibility index (Phi) is 6.85. The summed E-state index contributed by atoms with van der Waals surface area (Å²) in [7, 11) is 1.66.